The van der Waals surface area contributed by atoms with Gasteiger partial charge in [0.1, 0.15) is 0 Å². The van der Waals surface area contributed by atoms with Crippen LogP contribution in [0.25, 0.3) is 10.9 Å². The number of rotatable bonds is 9. The number of fused-ring (bicyclic) bond motifs is 1. The van der Waals surface area contributed by atoms with Gasteiger partial charge in [-0.25, -0.2) is 0 Å². The predicted molar refractivity (Wildman–Crippen MR) is 98.7 cm³/mol. The summed E-state index contributed by atoms with van der Waals surface area (Å²) in [4.78, 5) is 3.27. The second-order valence-electron chi connectivity index (χ2n) is 5.77. The summed E-state index contributed by atoms with van der Waals surface area (Å²) in [5, 5.41) is 16.1. The normalized spacial score (nSPS) is 12.6. The van der Waals surface area contributed by atoms with Crippen LogP contribution in [-0.4, -0.2) is 36.5 Å². The van der Waals surface area contributed by atoms with Gasteiger partial charge in [0.15, 0.2) is 0 Å². The van der Waals surface area contributed by atoms with Gasteiger partial charge in [-0.1, -0.05) is 48.5 Å². The van der Waals surface area contributed by atoms with Gasteiger partial charge in [-0.2, -0.15) is 5.06 Å². The number of hydrazine groups is 1. The van der Waals surface area contributed by atoms with Crippen LogP contribution >= 0.6 is 0 Å². The molecular formula is C18H22BN4O2. The van der Waals surface area contributed by atoms with Crippen molar-refractivity contribution >= 4 is 18.5 Å². The topological polar surface area (TPSA) is 72.5 Å². The van der Waals surface area contributed by atoms with Crippen LogP contribution in [0.4, 0.5) is 0 Å². The fraction of sp³-hybridized carbons (Fsp3) is 0.222. The molecule has 6 nitrogen and oxygen atoms in total. The molecular weight excluding hydrogens is 315 g/mol. The molecule has 0 saturated heterocycles. The highest BCUT2D eigenvalue weighted by atomic mass is 16.5. The Morgan fingerprint density at radius 2 is 1.92 bits per heavy atom. The Morgan fingerprint density at radius 3 is 2.72 bits per heavy atom. The van der Waals surface area contributed by atoms with Crippen molar-refractivity contribution in [3.05, 3.63) is 71.9 Å². The van der Waals surface area contributed by atoms with E-state index in [1.807, 2.05) is 54.7 Å². The van der Waals surface area contributed by atoms with E-state index in [-0.39, 0.29) is 6.04 Å². The number of H-pyrrole nitrogens is 1. The molecule has 129 valence electrons. The van der Waals surface area contributed by atoms with E-state index in [1.54, 1.807) is 7.11 Å². The standard InChI is InChI=1S/C18H22BN4O2/c1-25-19-22-21-12-18(23(24)13-14-7-3-2-4-8-14)16-11-20-17-10-6-5-9-15(16)17/h2-11,18,20-22,24H,12-13H2,1H3. The summed E-state index contributed by atoms with van der Waals surface area (Å²) in [6.07, 6.45) is 1.95. The minimum absolute atomic E-state index is 0.242. The van der Waals surface area contributed by atoms with Crippen molar-refractivity contribution < 1.29 is 9.86 Å². The number of hydroxylamine groups is 2. The maximum atomic E-state index is 10.8. The molecule has 0 fully saturated rings. The maximum Gasteiger partial charge on any atom is 0.410 e. The van der Waals surface area contributed by atoms with Gasteiger partial charge in [-0.3, -0.25) is 10.8 Å². The van der Waals surface area contributed by atoms with E-state index in [4.69, 9.17) is 4.65 Å². The van der Waals surface area contributed by atoms with Crippen LogP contribution in [0.1, 0.15) is 17.2 Å². The van der Waals surface area contributed by atoms with Gasteiger partial charge in [0.2, 0.25) is 0 Å². The number of benzene rings is 2. The van der Waals surface area contributed by atoms with Crippen LogP contribution < -0.4 is 10.8 Å². The summed E-state index contributed by atoms with van der Waals surface area (Å²) in [6, 6.07) is 17.7. The molecule has 1 unspecified atom stereocenters. The molecule has 1 aromatic heterocycles. The van der Waals surface area contributed by atoms with Crippen molar-refractivity contribution in [2.24, 2.45) is 0 Å². The first kappa shape index (κ1) is 17.7. The van der Waals surface area contributed by atoms with Gasteiger partial charge < -0.3 is 14.8 Å². The van der Waals surface area contributed by atoms with Crippen LogP contribution in [0, 0.1) is 0 Å². The molecule has 0 bridgehead atoms. The Balaban J connectivity index is 1.81. The molecule has 7 heteroatoms. The monoisotopic (exact) mass is 337 g/mol. The minimum atomic E-state index is -0.242. The summed E-state index contributed by atoms with van der Waals surface area (Å²) < 4.78 is 4.86. The van der Waals surface area contributed by atoms with E-state index in [1.165, 1.54) is 12.7 Å². The van der Waals surface area contributed by atoms with Crippen LogP contribution in [-0.2, 0) is 11.2 Å². The van der Waals surface area contributed by atoms with E-state index in [0.29, 0.717) is 13.1 Å². The van der Waals surface area contributed by atoms with Gasteiger partial charge in [0, 0.05) is 37.3 Å². The number of aromatic nitrogens is 1. The zero-order chi connectivity index (χ0) is 17.5. The highest BCUT2D eigenvalue weighted by Gasteiger charge is 2.22. The van der Waals surface area contributed by atoms with Crippen molar-refractivity contribution in [2.45, 2.75) is 12.6 Å². The zero-order valence-electron chi connectivity index (χ0n) is 14.1. The number of nitrogens with zero attached hydrogens (tertiary/aromatic N) is 1. The minimum Gasteiger partial charge on any atom is -0.426 e. The van der Waals surface area contributed by atoms with Crippen molar-refractivity contribution in [1.82, 2.24) is 20.8 Å². The summed E-state index contributed by atoms with van der Waals surface area (Å²) in [6.45, 7) is 0.922. The summed E-state index contributed by atoms with van der Waals surface area (Å²) in [7, 11) is 3.02. The molecule has 3 rings (SSSR count). The van der Waals surface area contributed by atoms with Crippen LogP contribution in [0.5, 0.6) is 0 Å². The van der Waals surface area contributed by atoms with Crippen molar-refractivity contribution in [3.63, 3.8) is 0 Å². The molecule has 3 aromatic rings. The third-order valence-electron chi connectivity index (χ3n) is 4.10. The third kappa shape index (κ3) is 4.48. The molecule has 0 saturated carbocycles. The van der Waals surface area contributed by atoms with E-state index >= 15 is 0 Å². The molecule has 1 heterocycles. The van der Waals surface area contributed by atoms with Crippen LogP contribution in [0.2, 0.25) is 0 Å². The van der Waals surface area contributed by atoms with Crippen molar-refractivity contribution in [1.29, 1.82) is 0 Å². The van der Waals surface area contributed by atoms with Gasteiger partial charge in [0.25, 0.3) is 0 Å². The molecule has 25 heavy (non-hydrogen) atoms. The van der Waals surface area contributed by atoms with E-state index in [2.05, 4.69) is 21.8 Å². The Labute approximate surface area is 148 Å². The molecule has 0 spiro atoms. The third-order valence-corrected chi connectivity index (χ3v) is 4.10. The Hall–Kier alpha value is -2.16. The first-order valence-corrected chi connectivity index (χ1v) is 8.18. The van der Waals surface area contributed by atoms with E-state index in [0.717, 1.165) is 22.0 Å². The average molecular weight is 337 g/mol. The summed E-state index contributed by atoms with van der Waals surface area (Å²) in [5.74, 6) is 0. The molecule has 1 atom stereocenters. The number of nitrogens with one attached hydrogen (secondary N) is 3. The van der Waals surface area contributed by atoms with Crippen molar-refractivity contribution in [2.75, 3.05) is 13.7 Å². The molecule has 0 aliphatic carbocycles. The van der Waals surface area contributed by atoms with Gasteiger partial charge in [0.05, 0.1) is 6.04 Å². The Kier molecular flexibility index (Phi) is 6.22. The second kappa shape index (κ2) is 8.80. The Bertz CT molecular complexity index is 781. The lowest BCUT2D eigenvalue weighted by Gasteiger charge is -2.26. The molecule has 4 N–H and O–H groups in total. The van der Waals surface area contributed by atoms with Crippen LogP contribution in [0.3, 0.4) is 0 Å². The first-order valence-electron chi connectivity index (χ1n) is 8.18. The molecule has 0 amide bonds. The van der Waals surface area contributed by atoms with E-state index in [9.17, 15) is 5.21 Å². The zero-order valence-corrected chi connectivity index (χ0v) is 14.1. The smallest absolute Gasteiger partial charge is 0.410 e. The number of aromatic amines is 1. The maximum absolute atomic E-state index is 10.8. The van der Waals surface area contributed by atoms with Gasteiger partial charge in [-0.05, 0) is 17.2 Å². The van der Waals surface area contributed by atoms with Gasteiger partial charge in [-0.15, -0.1) is 0 Å². The SMILES string of the molecule is CO[B]NNCC(c1c[nH]c2ccccc12)N(O)Cc1ccccc1. The molecule has 2 aromatic carbocycles. The van der Waals surface area contributed by atoms with Gasteiger partial charge >= 0.3 is 7.62 Å². The summed E-state index contributed by atoms with van der Waals surface area (Å²) >= 11 is 0. The molecule has 0 aliphatic heterocycles. The fourth-order valence-corrected chi connectivity index (χ4v) is 2.88. The largest absolute Gasteiger partial charge is 0.426 e. The Morgan fingerprint density at radius 1 is 1.16 bits per heavy atom. The number of hydrogen-bond acceptors (Lipinski definition) is 5. The van der Waals surface area contributed by atoms with Crippen molar-refractivity contribution in [3.8, 4) is 0 Å². The summed E-state index contributed by atoms with van der Waals surface area (Å²) in [5.41, 5.74) is 6.18. The highest BCUT2D eigenvalue weighted by Crippen LogP contribution is 2.28. The lowest BCUT2D eigenvalue weighted by molar-refractivity contribution is -0.136. The number of para-hydroxylation sites is 1. The predicted octanol–water partition coefficient (Wildman–Crippen LogP) is 2.38. The quantitative estimate of drug-likeness (QED) is 0.274. The average Bonchev–Trinajstić information content (AvgIpc) is 3.06. The second-order valence-corrected chi connectivity index (χ2v) is 5.77. The van der Waals surface area contributed by atoms with E-state index < -0.39 is 0 Å². The molecule has 0 aliphatic rings. The lowest BCUT2D eigenvalue weighted by atomic mass is 10.0. The van der Waals surface area contributed by atoms with Crippen LogP contribution in [0.15, 0.2) is 60.8 Å². The first-order chi connectivity index (χ1) is 12.3. The fourth-order valence-electron chi connectivity index (χ4n) is 2.88. The molecule has 1 radical (unpaired) electrons. The number of hydrogen-bond donors (Lipinski definition) is 4. The highest BCUT2D eigenvalue weighted by molar-refractivity contribution is 6.23. The lowest BCUT2D eigenvalue weighted by Crippen LogP contribution is -2.42.